The minimum atomic E-state index is 0.0619. The van der Waals surface area contributed by atoms with E-state index < -0.39 is 0 Å². The molecule has 0 aliphatic heterocycles. The summed E-state index contributed by atoms with van der Waals surface area (Å²) in [6, 6.07) is 7.12. The highest BCUT2D eigenvalue weighted by atomic mass is 16.3. The number of allylic oxidation sites excluding steroid dienone is 3. The summed E-state index contributed by atoms with van der Waals surface area (Å²) in [4.78, 5) is 0. The number of phenolic OH excluding ortho intramolecular Hbond substituents is 1. The molecule has 4 nitrogen and oxygen atoms in total. The number of benzene rings is 1. The first-order valence-electron chi connectivity index (χ1n) is 6.42. The Morgan fingerprint density at radius 1 is 1.32 bits per heavy atom. The molecule has 0 spiro atoms. The summed E-state index contributed by atoms with van der Waals surface area (Å²) in [5, 5.41) is 12.5. The first-order chi connectivity index (χ1) is 8.93. The molecule has 0 aliphatic rings. The van der Waals surface area contributed by atoms with Crippen molar-refractivity contribution < 1.29 is 5.11 Å². The van der Waals surface area contributed by atoms with Crippen LogP contribution in [0.3, 0.4) is 0 Å². The average Bonchev–Trinajstić information content (AvgIpc) is 2.38. The molecule has 0 heterocycles. The highest BCUT2D eigenvalue weighted by molar-refractivity contribution is 5.29. The first kappa shape index (κ1) is 15.0. The van der Waals surface area contributed by atoms with Crippen LogP contribution in [0.25, 0.3) is 0 Å². The molecular formula is C15H23N3O. The monoisotopic (exact) mass is 261 g/mol. The molecule has 1 aromatic carbocycles. The van der Waals surface area contributed by atoms with Crippen molar-refractivity contribution in [2.75, 3.05) is 0 Å². The van der Waals surface area contributed by atoms with Crippen molar-refractivity contribution in [2.24, 2.45) is 11.5 Å². The lowest BCUT2D eigenvalue weighted by molar-refractivity contribution is 0.474. The van der Waals surface area contributed by atoms with Crippen LogP contribution in [0.5, 0.6) is 5.75 Å². The molecule has 6 N–H and O–H groups in total. The third kappa shape index (κ3) is 4.58. The number of hydrogen-bond donors (Lipinski definition) is 4. The molecule has 0 saturated carbocycles. The number of hydrogen-bond acceptors (Lipinski definition) is 4. The molecule has 0 saturated heterocycles. The van der Waals surface area contributed by atoms with Crippen LogP contribution in [0, 0.1) is 0 Å². The number of aromatic hydroxyl groups is 1. The predicted molar refractivity (Wildman–Crippen MR) is 79.1 cm³/mol. The fourth-order valence-corrected chi connectivity index (χ4v) is 1.65. The quantitative estimate of drug-likeness (QED) is 0.614. The van der Waals surface area contributed by atoms with Crippen LogP contribution >= 0.6 is 0 Å². The summed E-state index contributed by atoms with van der Waals surface area (Å²) in [6.45, 7) is 5.94. The highest BCUT2D eigenvalue weighted by Crippen LogP contribution is 2.17. The van der Waals surface area contributed by atoms with Gasteiger partial charge in [0.15, 0.2) is 0 Å². The summed E-state index contributed by atoms with van der Waals surface area (Å²) in [6.07, 6.45) is 2.68. The number of nitrogens with two attached hydrogens (primary N) is 2. The molecule has 1 rings (SSSR count). The van der Waals surface area contributed by atoms with E-state index in [2.05, 4.69) is 5.32 Å². The largest absolute Gasteiger partial charge is 0.508 e. The van der Waals surface area contributed by atoms with Gasteiger partial charge in [-0.1, -0.05) is 19.1 Å². The Bertz CT molecular complexity index is 475. The third-order valence-electron chi connectivity index (χ3n) is 3.00. The van der Waals surface area contributed by atoms with E-state index in [1.807, 2.05) is 39.0 Å². The predicted octanol–water partition coefficient (Wildman–Crippen LogP) is 2.49. The van der Waals surface area contributed by atoms with E-state index in [1.54, 1.807) is 12.1 Å². The van der Waals surface area contributed by atoms with Crippen molar-refractivity contribution in [3.63, 3.8) is 0 Å². The van der Waals surface area contributed by atoms with Crippen LogP contribution in [0.15, 0.2) is 47.4 Å². The lowest BCUT2D eigenvalue weighted by Gasteiger charge is -2.17. The molecule has 1 atom stereocenters. The molecule has 4 heteroatoms. The molecule has 1 aromatic rings. The van der Waals surface area contributed by atoms with Crippen molar-refractivity contribution in [3.8, 4) is 5.75 Å². The number of rotatable bonds is 5. The van der Waals surface area contributed by atoms with Crippen LogP contribution in [0.2, 0.25) is 0 Å². The fourth-order valence-electron chi connectivity index (χ4n) is 1.65. The molecule has 1 unspecified atom stereocenters. The van der Waals surface area contributed by atoms with Crippen LogP contribution in [-0.2, 0) is 0 Å². The molecular weight excluding hydrogens is 238 g/mol. The minimum Gasteiger partial charge on any atom is -0.508 e. The average molecular weight is 261 g/mol. The van der Waals surface area contributed by atoms with Gasteiger partial charge in [-0.15, -0.1) is 0 Å². The van der Waals surface area contributed by atoms with Gasteiger partial charge in [0, 0.05) is 11.7 Å². The van der Waals surface area contributed by atoms with Gasteiger partial charge in [-0.05, 0) is 49.6 Å². The van der Waals surface area contributed by atoms with Gasteiger partial charge in [0.25, 0.3) is 0 Å². The minimum absolute atomic E-state index is 0.0619. The Morgan fingerprint density at radius 2 is 1.89 bits per heavy atom. The zero-order chi connectivity index (χ0) is 14.4. The topological polar surface area (TPSA) is 84.3 Å². The van der Waals surface area contributed by atoms with E-state index in [9.17, 15) is 5.11 Å². The van der Waals surface area contributed by atoms with Gasteiger partial charge < -0.3 is 21.9 Å². The Morgan fingerprint density at radius 3 is 2.42 bits per heavy atom. The maximum atomic E-state index is 9.26. The Kier molecular flexibility index (Phi) is 5.30. The third-order valence-corrected chi connectivity index (χ3v) is 3.00. The summed E-state index contributed by atoms with van der Waals surface area (Å²) < 4.78 is 0. The lowest BCUT2D eigenvalue weighted by Crippen LogP contribution is -2.24. The summed E-state index contributed by atoms with van der Waals surface area (Å²) >= 11 is 0. The molecule has 104 valence electrons. The highest BCUT2D eigenvalue weighted by Gasteiger charge is 2.06. The van der Waals surface area contributed by atoms with Gasteiger partial charge in [-0.3, -0.25) is 0 Å². The zero-order valence-corrected chi connectivity index (χ0v) is 11.8. The van der Waals surface area contributed by atoms with Crippen molar-refractivity contribution in [2.45, 2.75) is 33.2 Å². The fraction of sp³-hybridized carbons (Fsp3) is 0.333. The Balaban J connectivity index is 2.78. The van der Waals surface area contributed by atoms with E-state index in [4.69, 9.17) is 11.5 Å². The van der Waals surface area contributed by atoms with E-state index in [-0.39, 0.29) is 11.8 Å². The normalized spacial score (nSPS) is 14.8. The van der Waals surface area contributed by atoms with E-state index in [0.717, 1.165) is 23.3 Å². The van der Waals surface area contributed by atoms with Crippen molar-refractivity contribution in [1.29, 1.82) is 0 Å². The lowest BCUT2D eigenvalue weighted by atomic mass is 10.1. The maximum absolute atomic E-state index is 9.26. The van der Waals surface area contributed by atoms with Gasteiger partial charge in [-0.25, -0.2) is 0 Å². The van der Waals surface area contributed by atoms with E-state index >= 15 is 0 Å². The van der Waals surface area contributed by atoms with Crippen LogP contribution in [0.1, 0.15) is 38.8 Å². The van der Waals surface area contributed by atoms with Crippen molar-refractivity contribution in [1.82, 2.24) is 5.32 Å². The second-order valence-corrected chi connectivity index (χ2v) is 4.63. The molecule has 0 fully saturated rings. The van der Waals surface area contributed by atoms with Gasteiger partial charge in [0.05, 0.1) is 5.82 Å². The zero-order valence-electron chi connectivity index (χ0n) is 11.8. The number of nitrogens with one attached hydrogen (secondary N) is 1. The molecule has 0 radical (unpaired) electrons. The second-order valence-electron chi connectivity index (χ2n) is 4.63. The number of phenols is 1. The SMILES string of the molecule is CC/C(N)=C/C(C)=C(\N)NC(C)c1ccc(O)cc1. The van der Waals surface area contributed by atoms with Gasteiger partial charge in [-0.2, -0.15) is 0 Å². The molecule has 0 amide bonds. The standard InChI is InChI=1S/C15H23N3O/c1-4-13(16)9-10(2)15(17)18-11(3)12-5-7-14(19)8-6-12/h5-9,11,18-19H,4,16-17H2,1-3H3/b13-9-,15-10+. The van der Waals surface area contributed by atoms with Gasteiger partial charge in [0.1, 0.15) is 5.75 Å². The van der Waals surface area contributed by atoms with Gasteiger partial charge in [0.2, 0.25) is 0 Å². The van der Waals surface area contributed by atoms with Crippen LogP contribution in [-0.4, -0.2) is 5.11 Å². The summed E-state index contributed by atoms with van der Waals surface area (Å²) in [5.74, 6) is 0.867. The summed E-state index contributed by atoms with van der Waals surface area (Å²) in [5.41, 5.74) is 14.6. The van der Waals surface area contributed by atoms with Crippen LogP contribution in [0.4, 0.5) is 0 Å². The maximum Gasteiger partial charge on any atom is 0.115 e. The first-order valence-corrected chi connectivity index (χ1v) is 6.42. The van der Waals surface area contributed by atoms with Crippen LogP contribution < -0.4 is 16.8 Å². The van der Waals surface area contributed by atoms with Gasteiger partial charge >= 0.3 is 0 Å². The molecule has 0 aliphatic carbocycles. The summed E-state index contributed by atoms with van der Waals surface area (Å²) in [7, 11) is 0. The molecule has 0 bridgehead atoms. The van der Waals surface area contributed by atoms with Crippen molar-refractivity contribution in [3.05, 3.63) is 53.0 Å². The molecule has 19 heavy (non-hydrogen) atoms. The Hall–Kier alpha value is -2.10. The second kappa shape index (κ2) is 6.73. The molecule has 0 aromatic heterocycles. The van der Waals surface area contributed by atoms with Crippen molar-refractivity contribution >= 4 is 0 Å². The Labute approximate surface area is 114 Å². The van der Waals surface area contributed by atoms with E-state index in [1.165, 1.54) is 0 Å². The van der Waals surface area contributed by atoms with E-state index in [0.29, 0.717) is 5.82 Å². The smallest absolute Gasteiger partial charge is 0.115 e.